The zero-order valence-electron chi connectivity index (χ0n) is 18.7. The normalized spacial score (nSPS) is 18.5. The molecule has 1 aromatic carbocycles. The third-order valence-electron chi connectivity index (χ3n) is 6.46. The average molecular weight is 454 g/mol. The van der Waals surface area contributed by atoms with Crippen molar-refractivity contribution >= 4 is 40.2 Å². The lowest BCUT2D eigenvalue weighted by Gasteiger charge is -2.21. The van der Waals surface area contributed by atoms with Crippen molar-refractivity contribution < 1.29 is 4.79 Å². The lowest BCUT2D eigenvalue weighted by Crippen LogP contribution is -2.30. The van der Waals surface area contributed by atoms with Gasteiger partial charge < -0.3 is 15.1 Å². The molecule has 0 spiro atoms. The topological polar surface area (TPSA) is 79.2 Å². The molecule has 1 fully saturated rings. The van der Waals surface area contributed by atoms with Gasteiger partial charge in [-0.2, -0.15) is 10.1 Å². The number of benzene rings is 1. The molecule has 1 unspecified atom stereocenters. The predicted molar refractivity (Wildman–Crippen MR) is 127 cm³/mol. The molecule has 0 bridgehead atoms. The lowest BCUT2D eigenvalue weighted by atomic mass is 9.95. The standard InChI is InChI=1S/C23H28ClN7O/c1-29(2)10-11-30(3)23-26-20(19-16-12-14(24)8-9-18(16)25-22(19)32)17-13-31(28-21(17)27-23)15-6-4-5-7-15/h8-9,12-13,15,19H,4-7,10-11H2,1-3H3,(H,25,32). The average Bonchev–Trinajstić information content (AvgIpc) is 3.48. The third kappa shape index (κ3) is 3.82. The van der Waals surface area contributed by atoms with E-state index in [9.17, 15) is 4.79 Å². The molecule has 1 aliphatic heterocycles. The fraction of sp³-hybridized carbons (Fsp3) is 0.478. The highest BCUT2D eigenvalue weighted by atomic mass is 35.5. The molecule has 0 saturated heterocycles. The largest absolute Gasteiger partial charge is 0.343 e. The Balaban J connectivity index is 1.64. The Bertz CT molecular complexity index is 1170. The molecule has 2 aliphatic rings. The van der Waals surface area contributed by atoms with E-state index in [1.54, 1.807) is 6.07 Å². The van der Waals surface area contributed by atoms with Gasteiger partial charge in [0.05, 0.1) is 17.1 Å². The molecule has 1 amide bonds. The number of carbonyl (C=O) groups is 1. The van der Waals surface area contributed by atoms with Gasteiger partial charge in [-0.05, 0) is 50.7 Å². The third-order valence-corrected chi connectivity index (χ3v) is 6.69. The fourth-order valence-electron chi connectivity index (χ4n) is 4.63. The lowest BCUT2D eigenvalue weighted by molar-refractivity contribution is -0.116. The minimum atomic E-state index is -0.545. The van der Waals surface area contributed by atoms with Crippen LogP contribution in [0.3, 0.4) is 0 Å². The molecule has 3 heterocycles. The highest BCUT2D eigenvalue weighted by molar-refractivity contribution is 6.31. The second-order valence-corrected chi connectivity index (χ2v) is 9.51. The van der Waals surface area contributed by atoms with E-state index in [2.05, 4.69) is 10.2 Å². The molecule has 3 aromatic rings. The van der Waals surface area contributed by atoms with Crippen molar-refractivity contribution in [3.05, 3.63) is 40.7 Å². The van der Waals surface area contributed by atoms with Crippen molar-refractivity contribution in [2.24, 2.45) is 0 Å². The van der Waals surface area contributed by atoms with Crippen LogP contribution in [0, 0.1) is 0 Å². The molecule has 5 rings (SSSR count). The maximum absolute atomic E-state index is 13.1. The summed E-state index contributed by atoms with van der Waals surface area (Å²) in [7, 11) is 6.05. The van der Waals surface area contributed by atoms with Crippen LogP contribution in [-0.4, -0.2) is 64.8 Å². The van der Waals surface area contributed by atoms with Gasteiger partial charge in [-0.1, -0.05) is 24.4 Å². The number of likely N-dealkylation sites (N-methyl/N-ethyl adjacent to an activating group) is 2. The molecule has 168 valence electrons. The first-order valence-corrected chi connectivity index (χ1v) is 11.5. The van der Waals surface area contributed by atoms with Crippen molar-refractivity contribution in [3.63, 3.8) is 0 Å². The van der Waals surface area contributed by atoms with Gasteiger partial charge in [0.15, 0.2) is 5.65 Å². The summed E-state index contributed by atoms with van der Waals surface area (Å²) >= 11 is 6.28. The van der Waals surface area contributed by atoms with Crippen molar-refractivity contribution in [1.29, 1.82) is 0 Å². The van der Waals surface area contributed by atoms with Crippen LogP contribution in [0.5, 0.6) is 0 Å². The number of anilines is 2. The number of nitrogens with zero attached hydrogens (tertiary/aromatic N) is 6. The van der Waals surface area contributed by atoms with E-state index >= 15 is 0 Å². The van der Waals surface area contributed by atoms with E-state index < -0.39 is 5.92 Å². The predicted octanol–water partition coefficient (Wildman–Crippen LogP) is 3.68. The number of halogens is 1. The zero-order chi connectivity index (χ0) is 22.4. The van der Waals surface area contributed by atoms with Crippen LogP contribution >= 0.6 is 11.6 Å². The van der Waals surface area contributed by atoms with E-state index in [1.165, 1.54) is 12.8 Å². The number of carbonyl (C=O) groups excluding carboxylic acids is 1. The van der Waals surface area contributed by atoms with E-state index in [1.807, 2.05) is 49.1 Å². The Morgan fingerprint density at radius 3 is 2.69 bits per heavy atom. The van der Waals surface area contributed by atoms with Crippen LogP contribution in [0.1, 0.15) is 48.9 Å². The molecule has 1 N–H and O–H groups in total. The van der Waals surface area contributed by atoms with Crippen LogP contribution in [0.25, 0.3) is 11.0 Å². The molecule has 0 radical (unpaired) electrons. The van der Waals surface area contributed by atoms with E-state index in [0.29, 0.717) is 28.4 Å². The Morgan fingerprint density at radius 1 is 1.16 bits per heavy atom. The van der Waals surface area contributed by atoms with Gasteiger partial charge in [0, 0.05) is 37.0 Å². The Labute approximate surface area is 192 Å². The van der Waals surface area contributed by atoms with Crippen molar-refractivity contribution in [2.45, 2.75) is 37.6 Å². The van der Waals surface area contributed by atoms with Crippen molar-refractivity contribution in [3.8, 4) is 0 Å². The summed E-state index contributed by atoms with van der Waals surface area (Å²) in [4.78, 5) is 26.9. The van der Waals surface area contributed by atoms with Crippen molar-refractivity contribution in [2.75, 3.05) is 44.4 Å². The quantitative estimate of drug-likeness (QED) is 0.613. The maximum Gasteiger partial charge on any atom is 0.238 e. The van der Waals surface area contributed by atoms with Gasteiger partial charge in [0.2, 0.25) is 11.9 Å². The summed E-state index contributed by atoms with van der Waals surface area (Å²) in [5.74, 6) is -0.0662. The minimum Gasteiger partial charge on any atom is -0.343 e. The summed E-state index contributed by atoms with van der Waals surface area (Å²) in [6.45, 7) is 1.63. The summed E-state index contributed by atoms with van der Waals surface area (Å²) in [6.07, 6.45) is 6.70. The molecular formula is C23H28ClN7O. The van der Waals surface area contributed by atoms with E-state index in [-0.39, 0.29) is 5.91 Å². The second kappa shape index (κ2) is 8.33. The molecule has 32 heavy (non-hydrogen) atoms. The smallest absolute Gasteiger partial charge is 0.238 e. The van der Waals surface area contributed by atoms with Gasteiger partial charge >= 0.3 is 0 Å². The number of nitrogens with one attached hydrogen (secondary N) is 1. The molecule has 2 aromatic heterocycles. The highest BCUT2D eigenvalue weighted by Crippen LogP contribution is 2.41. The highest BCUT2D eigenvalue weighted by Gasteiger charge is 2.36. The molecule has 1 saturated carbocycles. The van der Waals surface area contributed by atoms with Gasteiger partial charge in [0.25, 0.3) is 0 Å². The van der Waals surface area contributed by atoms with Crippen LogP contribution in [0.15, 0.2) is 24.4 Å². The summed E-state index contributed by atoms with van der Waals surface area (Å²) < 4.78 is 2.03. The number of amides is 1. The molecule has 1 aliphatic carbocycles. The van der Waals surface area contributed by atoms with Crippen LogP contribution < -0.4 is 10.2 Å². The zero-order valence-corrected chi connectivity index (χ0v) is 19.4. The first kappa shape index (κ1) is 21.2. The Hall–Kier alpha value is -2.71. The number of fused-ring (bicyclic) bond motifs is 2. The van der Waals surface area contributed by atoms with Crippen molar-refractivity contribution in [1.82, 2.24) is 24.6 Å². The number of hydrogen-bond donors (Lipinski definition) is 1. The monoisotopic (exact) mass is 453 g/mol. The van der Waals surface area contributed by atoms with E-state index in [4.69, 9.17) is 26.7 Å². The Morgan fingerprint density at radius 2 is 1.94 bits per heavy atom. The summed E-state index contributed by atoms with van der Waals surface area (Å²) in [5, 5.41) is 9.24. The molecule has 1 atom stereocenters. The molecule has 9 heteroatoms. The van der Waals surface area contributed by atoms with Crippen LogP contribution in [0.4, 0.5) is 11.6 Å². The number of rotatable bonds is 6. The SMILES string of the molecule is CN(C)CCN(C)c1nc(C2C(=O)Nc3ccc(Cl)cc32)c2cn(C3CCCC3)nc2n1. The minimum absolute atomic E-state index is 0.0993. The number of hydrogen-bond acceptors (Lipinski definition) is 6. The van der Waals surface area contributed by atoms with Gasteiger partial charge in [0.1, 0.15) is 5.92 Å². The first-order valence-electron chi connectivity index (χ1n) is 11.1. The molecule has 8 nitrogen and oxygen atoms in total. The van der Waals surface area contributed by atoms with E-state index in [0.717, 1.165) is 42.6 Å². The van der Waals surface area contributed by atoms with Gasteiger partial charge in [-0.15, -0.1) is 0 Å². The van der Waals surface area contributed by atoms with Crippen LogP contribution in [-0.2, 0) is 4.79 Å². The van der Waals surface area contributed by atoms with Gasteiger partial charge in [-0.3, -0.25) is 9.48 Å². The second-order valence-electron chi connectivity index (χ2n) is 9.07. The Kier molecular flexibility index (Phi) is 5.51. The maximum atomic E-state index is 13.1. The first-order chi connectivity index (χ1) is 15.4. The summed E-state index contributed by atoms with van der Waals surface area (Å²) in [6, 6.07) is 5.87. The van der Waals surface area contributed by atoms with Crippen LogP contribution in [0.2, 0.25) is 5.02 Å². The number of aromatic nitrogens is 4. The molecular weight excluding hydrogens is 426 g/mol. The summed E-state index contributed by atoms with van der Waals surface area (Å²) in [5.41, 5.74) is 2.95. The fourth-order valence-corrected chi connectivity index (χ4v) is 4.81. The van der Waals surface area contributed by atoms with Gasteiger partial charge in [-0.25, -0.2) is 4.98 Å².